The van der Waals surface area contributed by atoms with Crippen molar-refractivity contribution in [2.75, 3.05) is 31.1 Å². The third-order valence-electron chi connectivity index (χ3n) is 3.39. The van der Waals surface area contributed by atoms with Crippen LogP contribution in [0.2, 0.25) is 0 Å². The van der Waals surface area contributed by atoms with Crippen molar-refractivity contribution in [2.45, 2.75) is 26.7 Å². The van der Waals surface area contributed by atoms with Gasteiger partial charge in [0.1, 0.15) is 0 Å². The Morgan fingerprint density at radius 3 is 2.62 bits per heavy atom. The molecule has 1 aromatic rings. The van der Waals surface area contributed by atoms with Crippen molar-refractivity contribution in [1.82, 2.24) is 15.5 Å². The molecule has 5 nitrogen and oxygen atoms in total. The summed E-state index contributed by atoms with van der Waals surface area (Å²) in [6, 6.07) is 0. The fourth-order valence-electron chi connectivity index (χ4n) is 1.91. The zero-order valence-corrected chi connectivity index (χ0v) is 10.2. The van der Waals surface area contributed by atoms with E-state index >= 15 is 0 Å². The van der Waals surface area contributed by atoms with Crippen LogP contribution >= 0.6 is 0 Å². The smallest absolute Gasteiger partial charge is 0.266 e. The average molecular weight is 224 g/mol. The molecule has 1 aromatic heterocycles. The number of aromatic nitrogens is 2. The second kappa shape index (κ2) is 4.82. The monoisotopic (exact) mass is 224 g/mol. The van der Waals surface area contributed by atoms with Gasteiger partial charge in [0, 0.05) is 19.0 Å². The Morgan fingerprint density at radius 2 is 2.12 bits per heavy atom. The standard InChI is InChI=1S/C11H20N4O/c1-4-15(5-2)11-13-10(16-14-11)8(3)9-6-12-7-9/h8-9,12H,4-7H2,1-3H3. The van der Waals surface area contributed by atoms with E-state index in [1.54, 1.807) is 0 Å². The first-order valence-corrected chi connectivity index (χ1v) is 6.05. The summed E-state index contributed by atoms with van der Waals surface area (Å²) in [5, 5.41) is 7.30. The van der Waals surface area contributed by atoms with Gasteiger partial charge in [0.25, 0.3) is 5.95 Å². The molecule has 1 atom stereocenters. The molecule has 0 spiro atoms. The van der Waals surface area contributed by atoms with E-state index in [-0.39, 0.29) is 0 Å². The molecule has 1 fully saturated rings. The molecule has 1 unspecified atom stereocenters. The molecule has 1 aliphatic rings. The maximum absolute atomic E-state index is 5.34. The topological polar surface area (TPSA) is 54.2 Å². The van der Waals surface area contributed by atoms with Gasteiger partial charge >= 0.3 is 0 Å². The molecule has 2 heterocycles. The SMILES string of the molecule is CCN(CC)c1noc(C(C)C2CNC2)n1. The van der Waals surface area contributed by atoms with E-state index < -0.39 is 0 Å². The second-order valence-corrected chi connectivity index (χ2v) is 4.31. The van der Waals surface area contributed by atoms with Gasteiger partial charge < -0.3 is 14.7 Å². The fraction of sp³-hybridized carbons (Fsp3) is 0.818. The summed E-state index contributed by atoms with van der Waals surface area (Å²) in [7, 11) is 0. The molecular weight excluding hydrogens is 204 g/mol. The highest BCUT2D eigenvalue weighted by molar-refractivity contribution is 5.27. The summed E-state index contributed by atoms with van der Waals surface area (Å²) in [5.74, 6) is 2.50. The van der Waals surface area contributed by atoms with Crippen LogP contribution in [0.1, 0.15) is 32.6 Å². The van der Waals surface area contributed by atoms with Gasteiger partial charge in [-0.3, -0.25) is 0 Å². The van der Waals surface area contributed by atoms with Crippen molar-refractivity contribution >= 4 is 5.95 Å². The van der Waals surface area contributed by atoms with Gasteiger partial charge in [0.15, 0.2) is 0 Å². The van der Waals surface area contributed by atoms with Gasteiger partial charge in [-0.15, -0.1) is 0 Å². The van der Waals surface area contributed by atoms with E-state index in [0.717, 1.165) is 38.0 Å². The third kappa shape index (κ3) is 2.04. The average Bonchev–Trinajstić information content (AvgIpc) is 2.66. The maximum Gasteiger partial charge on any atom is 0.266 e. The third-order valence-corrected chi connectivity index (χ3v) is 3.39. The molecule has 1 aliphatic heterocycles. The number of hydrogen-bond acceptors (Lipinski definition) is 5. The van der Waals surface area contributed by atoms with Crippen molar-refractivity contribution in [3.8, 4) is 0 Å². The summed E-state index contributed by atoms with van der Waals surface area (Å²) >= 11 is 0. The molecule has 1 saturated heterocycles. The number of hydrogen-bond donors (Lipinski definition) is 1. The Kier molecular flexibility index (Phi) is 3.43. The Balaban J connectivity index is 2.05. The van der Waals surface area contributed by atoms with Gasteiger partial charge in [-0.2, -0.15) is 4.98 Å². The first-order chi connectivity index (χ1) is 7.76. The van der Waals surface area contributed by atoms with Crippen LogP contribution in [0.3, 0.4) is 0 Å². The van der Waals surface area contributed by atoms with Crippen molar-refractivity contribution in [2.24, 2.45) is 5.92 Å². The molecule has 0 aromatic carbocycles. The molecule has 0 radical (unpaired) electrons. The molecule has 2 rings (SSSR count). The molecule has 0 bridgehead atoms. The maximum atomic E-state index is 5.34. The Bertz CT molecular complexity index is 330. The number of rotatable bonds is 5. The molecule has 90 valence electrons. The molecular formula is C11H20N4O. The van der Waals surface area contributed by atoms with Crippen LogP contribution in [0.4, 0.5) is 5.95 Å². The fourth-order valence-corrected chi connectivity index (χ4v) is 1.91. The van der Waals surface area contributed by atoms with Crippen LogP contribution in [0.15, 0.2) is 4.52 Å². The van der Waals surface area contributed by atoms with Gasteiger partial charge in [0.05, 0.1) is 0 Å². The van der Waals surface area contributed by atoms with E-state index in [0.29, 0.717) is 11.8 Å². The van der Waals surface area contributed by atoms with E-state index in [1.807, 2.05) is 0 Å². The lowest BCUT2D eigenvalue weighted by Gasteiger charge is -2.30. The Hall–Kier alpha value is -1.10. The molecule has 0 saturated carbocycles. The minimum atomic E-state index is 0.359. The zero-order chi connectivity index (χ0) is 11.5. The van der Waals surface area contributed by atoms with Crippen LogP contribution < -0.4 is 10.2 Å². The van der Waals surface area contributed by atoms with Crippen molar-refractivity contribution < 1.29 is 4.52 Å². The molecule has 5 heteroatoms. The highest BCUT2D eigenvalue weighted by Crippen LogP contribution is 2.26. The quantitative estimate of drug-likeness (QED) is 0.815. The van der Waals surface area contributed by atoms with Crippen LogP contribution in [0.5, 0.6) is 0 Å². The van der Waals surface area contributed by atoms with Crippen molar-refractivity contribution in [3.63, 3.8) is 0 Å². The van der Waals surface area contributed by atoms with Crippen molar-refractivity contribution in [3.05, 3.63) is 5.89 Å². The van der Waals surface area contributed by atoms with Gasteiger partial charge in [-0.1, -0.05) is 6.92 Å². The minimum Gasteiger partial charge on any atom is -0.339 e. The van der Waals surface area contributed by atoms with Gasteiger partial charge in [-0.05, 0) is 38.0 Å². The van der Waals surface area contributed by atoms with E-state index in [4.69, 9.17) is 4.52 Å². The summed E-state index contributed by atoms with van der Waals surface area (Å²) in [6.45, 7) is 10.3. The van der Waals surface area contributed by atoms with E-state index in [1.165, 1.54) is 0 Å². The molecule has 0 amide bonds. The summed E-state index contributed by atoms with van der Waals surface area (Å²) < 4.78 is 5.34. The summed E-state index contributed by atoms with van der Waals surface area (Å²) in [5.41, 5.74) is 0. The van der Waals surface area contributed by atoms with Crippen molar-refractivity contribution in [1.29, 1.82) is 0 Å². The second-order valence-electron chi connectivity index (χ2n) is 4.31. The normalized spacial score (nSPS) is 18.2. The Labute approximate surface area is 96.2 Å². The first-order valence-electron chi connectivity index (χ1n) is 6.05. The number of anilines is 1. The molecule has 16 heavy (non-hydrogen) atoms. The van der Waals surface area contributed by atoms with Crippen LogP contribution in [0.25, 0.3) is 0 Å². The first kappa shape index (κ1) is 11.4. The van der Waals surface area contributed by atoms with Gasteiger partial charge in [-0.25, -0.2) is 0 Å². The predicted octanol–water partition coefficient (Wildman–Crippen LogP) is 1.24. The highest BCUT2D eigenvalue weighted by atomic mass is 16.5. The largest absolute Gasteiger partial charge is 0.339 e. The zero-order valence-electron chi connectivity index (χ0n) is 10.2. The van der Waals surface area contributed by atoms with Gasteiger partial charge in [0.2, 0.25) is 5.89 Å². The van der Waals surface area contributed by atoms with Crippen LogP contribution in [-0.4, -0.2) is 36.3 Å². The summed E-state index contributed by atoms with van der Waals surface area (Å²) in [4.78, 5) is 6.57. The molecule has 1 N–H and O–H groups in total. The number of nitrogens with one attached hydrogen (secondary N) is 1. The lowest BCUT2D eigenvalue weighted by Crippen LogP contribution is -2.44. The van der Waals surface area contributed by atoms with Crippen LogP contribution in [-0.2, 0) is 0 Å². The lowest BCUT2D eigenvalue weighted by atomic mass is 9.89. The highest BCUT2D eigenvalue weighted by Gasteiger charge is 2.29. The molecule has 0 aliphatic carbocycles. The number of nitrogens with zero attached hydrogens (tertiary/aromatic N) is 3. The Morgan fingerprint density at radius 1 is 1.44 bits per heavy atom. The lowest BCUT2D eigenvalue weighted by molar-refractivity contribution is 0.252. The van der Waals surface area contributed by atoms with E-state index in [2.05, 4.69) is 41.1 Å². The summed E-state index contributed by atoms with van der Waals surface area (Å²) in [6.07, 6.45) is 0. The van der Waals surface area contributed by atoms with Crippen LogP contribution in [0, 0.1) is 5.92 Å². The minimum absolute atomic E-state index is 0.359. The van der Waals surface area contributed by atoms with E-state index in [9.17, 15) is 0 Å². The predicted molar refractivity (Wildman–Crippen MR) is 62.6 cm³/mol.